The van der Waals surface area contributed by atoms with E-state index >= 15 is 0 Å². The van der Waals surface area contributed by atoms with Gasteiger partial charge in [0.1, 0.15) is 22.2 Å². The number of ether oxygens (including phenoxy) is 2. The maximum absolute atomic E-state index is 13.1. The van der Waals surface area contributed by atoms with E-state index in [0.717, 1.165) is 4.90 Å². The minimum atomic E-state index is -0.756. The first-order valence-electron chi connectivity index (χ1n) is 10.4. The van der Waals surface area contributed by atoms with Gasteiger partial charge < -0.3 is 20.1 Å². The van der Waals surface area contributed by atoms with Gasteiger partial charge in [0.05, 0.1) is 30.6 Å². The first kappa shape index (κ1) is 25.4. The van der Waals surface area contributed by atoms with E-state index in [1.165, 1.54) is 38.5 Å². The van der Waals surface area contributed by atoms with Crippen LogP contribution in [0.15, 0.2) is 71.4 Å². The number of nitrogens with one attached hydrogen (secondary N) is 2. The number of carbonyl (C=O) groups is 3. The number of hydrogen-bond acceptors (Lipinski definition) is 6. The summed E-state index contributed by atoms with van der Waals surface area (Å²) < 4.78 is 10.5. The zero-order valence-corrected chi connectivity index (χ0v) is 21.2. The van der Waals surface area contributed by atoms with Crippen LogP contribution in [-0.2, 0) is 9.59 Å². The normalized spacial score (nSPS) is 13.2. The van der Waals surface area contributed by atoms with Gasteiger partial charge in [-0.25, -0.2) is 4.90 Å². The molecule has 4 rings (SSSR count). The molecule has 0 aliphatic carbocycles. The Labute approximate surface area is 221 Å². The molecule has 3 amide bonds. The fourth-order valence-electron chi connectivity index (χ4n) is 3.47. The van der Waals surface area contributed by atoms with Crippen LogP contribution in [0.4, 0.5) is 17.1 Å². The van der Waals surface area contributed by atoms with Crippen LogP contribution in [-0.4, -0.2) is 31.9 Å². The van der Waals surface area contributed by atoms with Gasteiger partial charge >= 0.3 is 0 Å². The van der Waals surface area contributed by atoms with Crippen LogP contribution in [0.1, 0.15) is 10.4 Å². The fourth-order valence-corrected chi connectivity index (χ4v) is 4.05. The molecule has 0 aromatic heterocycles. The van der Waals surface area contributed by atoms with Crippen LogP contribution < -0.4 is 25.0 Å². The first-order valence-corrected chi connectivity index (χ1v) is 11.5. The smallest absolute Gasteiger partial charge is 0.283 e. The molecule has 0 spiro atoms. The second kappa shape index (κ2) is 10.5. The number of rotatable bonds is 7. The van der Waals surface area contributed by atoms with E-state index in [9.17, 15) is 14.4 Å². The number of hydrogen-bond donors (Lipinski definition) is 2. The Morgan fingerprint density at radius 2 is 1.67 bits per heavy atom. The van der Waals surface area contributed by atoms with Gasteiger partial charge in [-0.3, -0.25) is 14.4 Å². The molecule has 3 aromatic carbocycles. The maximum atomic E-state index is 13.1. The lowest BCUT2D eigenvalue weighted by molar-refractivity contribution is -0.120. The second-order valence-corrected chi connectivity index (χ2v) is 8.68. The highest BCUT2D eigenvalue weighted by molar-refractivity contribution is 6.54. The van der Waals surface area contributed by atoms with Crippen molar-refractivity contribution in [3.63, 3.8) is 0 Å². The Kier molecular flexibility index (Phi) is 7.40. The number of amides is 3. The number of anilines is 3. The molecule has 3 aromatic rings. The minimum Gasteiger partial charge on any atom is -0.497 e. The first-order chi connectivity index (χ1) is 17.2. The van der Waals surface area contributed by atoms with Crippen molar-refractivity contribution < 1.29 is 23.9 Å². The monoisotopic (exact) mass is 545 g/mol. The van der Waals surface area contributed by atoms with E-state index in [-0.39, 0.29) is 27.0 Å². The van der Waals surface area contributed by atoms with E-state index in [4.69, 9.17) is 44.3 Å². The van der Waals surface area contributed by atoms with Gasteiger partial charge in [0.25, 0.3) is 17.7 Å². The van der Waals surface area contributed by atoms with Crippen LogP contribution in [0, 0.1) is 0 Å². The predicted molar refractivity (Wildman–Crippen MR) is 139 cm³/mol. The third kappa shape index (κ3) is 4.97. The number of imide groups is 1. The standard InChI is InChI=1S/C25H18Cl3N3O5/c1-35-16-7-9-18(20(12-16)36-2)30-23(32)13-4-3-5-15(10-13)29-22-21(28)24(33)31(25(22)34)19-11-14(26)6-8-17(19)27/h3-12,29H,1-2H3,(H,30,32). The van der Waals surface area contributed by atoms with Crippen molar-refractivity contribution in [2.75, 3.05) is 29.8 Å². The Bertz CT molecular complexity index is 1420. The van der Waals surface area contributed by atoms with Crippen molar-refractivity contribution in [2.45, 2.75) is 0 Å². The molecule has 184 valence electrons. The molecule has 1 aliphatic rings. The molecule has 36 heavy (non-hydrogen) atoms. The van der Waals surface area contributed by atoms with Crippen LogP contribution in [0.2, 0.25) is 10.0 Å². The zero-order chi connectivity index (χ0) is 26.0. The molecule has 11 heteroatoms. The topological polar surface area (TPSA) is 97.0 Å². The van der Waals surface area contributed by atoms with Crippen LogP contribution in [0.5, 0.6) is 11.5 Å². The van der Waals surface area contributed by atoms with Crippen molar-refractivity contribution in [1.82, 2.24) is 0 Å². The number of nitrogens with zero attached hydrogens (tertiary/aromatic N) is 1. The van der Waals surface area contributed by atoms with E-state index < -0.39 is 17.7 Å². The predicted octanol–water partition coefficient (Wildman–Crippen LogP) is 5.70. The molecular formula is C25H18Cl3N3O5. The maximum Gasteiger partial charge on any atom is 0.283 e. The van der Waals surface area contributed by atoms with Gasteiger partial charge in [-0.1, -0.05) is 40.9 Å². The molecule has 0 bridgehead atoms. The lowest BCUT2D eigenvalue weighted by Crippen LogP contribution is -2.32. The van der Waals surface area contributed by atoms with E-state index in [0.29, 0.717) is 27.9 Å². The summed E-state index contributed by atoms with van der Waals surface area (Å²) in [4.78, 5) is 39.6. The summed E-state index contributed by atoms with van der Waals surface area (Å²) in [5, 5.41) is 5.73. The van der Waals surface area contributed by atoms with E-state index in [2.05, 4.69) is 10.6 Å². The Morgan fingerprint density at radius 3 is 2.39 bits per heavy atom. The molecule has 0 fully saturated rings. The molecule has 0 saturated carbocycles. The summed E-state index contributed by atoms with van der Waals surface area (Å²) >= 11 is 18.4. The largest absolute Gasteiger partial charge is 0.497 e. The SMILES string of the molecule is COc1ccc(NC(=O)c2cccc(NC3=C(Cl)C(=O)N(c4cc(Cl)ccc4Cl)C3=O)c2)c(OC)c1. The zero-order valence-electron chi connectivity index (χ0n) is 18.9. The number of benzene rings is 3. The van der Waals surface area contributed by atoms with E-state index in [1.54, 1.807) is 36.4 Å². The highest BCUT2D eigenvalue weighted by atomic mass is 35.5. The summed E-state index contributed by atoms with van der Waals surface area (Å²) in [6.45, 7) is 0. The van der Waals surface area contributed by atoms with Gasteiger partial charge in [-0.15, -0.1) is 0 Å². The number of methoxy groups -OCH3 is 2. The lowest BCUT2D eigenvalue weighted by atomic mass is 10.1. The van der Waals surface area contributed by atoms with E-state index in [1.807, 2.05) is 0 Å². The third-order valence-corrected chi connectivity index (χ3v) is 6.13. The third-order valence-electron chi connectivity index (χ3n) is 5.23. The quantitative estimate of drug-likeness (QED) is 0.369. The number of halogens is 3. The van der Waals surface area contributed by atoms with Gasteiger partial charge in [0.2, 0.25) is 0 Å². The summed E-state index contributed by atoms with van der Waals surface area (Å²) in [6.07, 6.45) is 0. The van der Waals surface area contributed by atoms with Crippen molar-refractivity contribution in [1.29, 1.82) is 0 Å². The summed E-state index contributed by atoms with van der Waals surface area (Å²) in [5.74, 6) is -0.905. The molecule has 0 atom stereocenters. The Morgan fingerprint density at radius 1 is 0.889 bits per heavy atom. The van der Waals surface area contributed by atoms with Gasteiger partial charge in [0, 0.05) is 22.3 Å². The van der Waals surface area contributed by atoms with Crippen LogP contribution >= 0.6 is 34.8 Å². The molecule has 0 saturated heterocycles. The summed E-state index contributed by atoms with van der Waals surface area (Å²) in [6, 6.07) is 15.7. The average Bonchev–Trinajstić information content (AvgIpc) is 3.08. The fraction of sp³-hybridized carbons (Fsp3) is 0.0800. The molecule has 0 radical (unpaired) electrons. The molecule has 2 N–H and O–H groups in total. The summed E-state index contributed by atoms with van der Waals surface area (Å²) in [5.41, 5.74) is 1.03. The Hall–Kier alpha value is -3.72. The molecular weight excluding hydrogens is 529 g/mol. The lowest BCUT2D eigenvalue weighted by Gasteiger charge is -2.17. The number of carbonyl (C=O) groups excluding carboxylic acids is 3. The van der Waals surface area contributed by atoms with Crippen molar-refractivity contribution >= 4 is 69.6 Å². The highest BCUT2D eigenvalue weighted by Crippen LogP contribution is 2.36. The highest BCUT2D eigenvalue weighted by Gasteiger charge is 2.40. The second-order valence-electron chi connectivity index (χ2n) is 7.46. The summed E-state index contributed by atoms with van der Waals surface area (Å²) in [7, 11) is 3.00. The van der Waals surface area contributed by atoms with Crippen molar-refractivity contribution in [3.8, 4) is 11.5 Å². The van der Waals surface area contributed by atoms with Gasteiger partial charge in [-0.2, -0.15) is 0 Å². The molecule has 1 heterocycles. The molecule has 0 unspecified atom stereocenters. The van der Waals surface area contributed by atoms with Crippen molar-refractivity contribution in [2.24, 2.45) is 0 Å². The Balaban J connectivity index is 1.56. The minimum absolute atomic E-state index is 0.107. The average molecular weight is 547 g/mol. The van der Waals surface area contributed by atoms with Gasteiger partial charge in [0.15, 0.2) is 0 Å². The van der Waals surface area contributed by atoms with Crippen molar-refractivity contribution in [3.05, 3.63) is 87.0 Å². The molecule has 8 nitrogen and oxygen atoms in total. The van der Waals surface area contributed by atoms with Crippen LogP contribution in [0.25, 0.3) is 0 Å². The van der Waals surface area contributed by atoms with Gasteiger partial charge in [-0.05, 0) is 48.5 Å². The molecule has 1 aliphatic heterocycles. The van der Waals surface area contributed by atoms with Crippen LogP contribution in [0.3, 0.4) is 0 Å².